The van der Waals surface area contributed by atoms with Gasteiger partial charge in [0.05, 0.1) is 0 Å². The average molecular weight is 324 g/mol. The second-order valence-corrected chi connectivity index (χ2v) is 6.50. The number of piperidine rings is 1. The maximum atomic E-state index is 7.50. The van der Waals surface area contributed by atoms with Crippen LogP contribution < -0.4 is 10.6 Å². The molecule has 1 aliphatic heterocycles. The van der Waals surface area contributed by atoms with E-state index < -0.39 is 0 Å². The van der Waals surface area contributed by atoms with Crippen LogP contribution in [0.3, 0.4) is 0 Å². The molecule has 1 aromatic rings. The van der Waals surface area contributed by atoms with Gasteiger partial charge in [-0.15, -0.1) is 0 Å². The van der Waals surface area contributed by atoms with E-state index in [9.17, 15) is 0 Å². The Morgan fingerprint density at radius 1 is 1.37 bits per heavy atom. The Balaban J connectivity index is 2.08. The third kappa shape index (κ3) is 3.30. The Morgan fingerprint density at radius 3 is 2.47 bits per heavy atom. The number of halogens is 1. The van der Waals surface area contributed by atoms with Crippen LogP contribution in [-0.2, 0) is 0 Å². The predicted molar refractivity (Wildman–Crippen MR) is 84.9 cm³/mol. The molecule has 1 fully saturated rings. The molecule has 1 aliphatic rings. The van der Waals surface area contributed by atoms with Gasteiger partial charge in [-0.2, -0.15) is 0 Å². The number of rotatable bonds is 3. The highest BCUT2D eigenvalue weighted by Gasteiger charge is 2.22. The first-order valence-electron chi connectivity index (χ1n) is 6.88. The number of nitrogen functional groups attached to an aromatic ring is 1. The molecule has 0 radical (unpaired) electrons. The molecule has 0 spiro atoms. The standard InChI is InChI=1S/C15H22BrN3/c1-10(2)11-5-7-19(8-6-11)12-3-4-13(15(17)18)14(16)9-12/h3-4,9-11H,5-8H2,1-2H3,(H3,17,18). The summed E-state index contributed by atoms with van der Waals surface area (Å²) in [6.07, 6.45) is 2.54. The Hall–Kier alpha value is -1.03. The average Bonchev–Trinajstić information content (AvgIpc) is 2.38. The first-order chi connectivity index (χ1) is 8.99. The molecule has 1 heterocycles. The molecule has 0 aliphatic carbocycles. The summed E-state index contributed by atoms with van der Waals surface area (Å²) in [7, 11) is 0. The van der Waals surface area contributed by atoms with Gasteiger partial charge in [0.15, 0.2) is 0 Å². The van der Waals surface area contributed by atoms with Gasteiger partial charge >= 0.3 is 0 Å². The zero-order valence-corrected chi connectivity index (χ0v) is 13.2. The molecule has 1 saturated heterocycles. The van der Waals surface area contributed by atoms with Crippen molar-refractivity contribution in [3.8, 4) is 0 Å². The molecule has 4 heteroatoms. The van der Waals surface area contributed by atoms with E-state index >= 15 is 0 Å². The number of nitrogens with two attached hydrogens (primary N) is 1. The number of amidine groups is 1. The van der Waals surface area contributed by atoms with E-state index in [2.05, 4.69) is 46.8 Å². The Labute approximate surface area is 123 Å². The van der Waals surface area contributed by atoms with Crippen LogP contribution in [0.25, 0.3) is 0 Å². The third-order valence-electron chi connectivity index (χ3n) is 4.09. The van der Waals surface area contributed by atoms with Gasteiger partial charge in [0.1, 0.15) is 5.84 Å². The van der Waals surface area contributed by atoms with Gasteiger partial charge in [0.2, 0.25) is 0 Å². The molecule has 0 amide bonds. The Morgan fingerprint density at radius 2 is 2.00 bits per heavy atom. The van der Waals surface area contributed by atoms with Crippen LogP contribution in [0.1, 0.15) is 32.3 Å². The van der Waals surface area contributed by atoms with E-state index in [0.29, 0.717) is 0 Å². The molecular weight excluding hydrogens is 302 g/mol. The van der Waals surface area contributed by atoms with Crippen LogP contribution in [0.2, 0.25) is 0 Å². The van der Waals surface area contributed by atoms with Gasteiger partial charge in [-0.25, -0.2) is 0 Å². The molecule has 0 unspecified atom stereocenters. The summed E-state index contributed by atoms with van der Waals surface area (Å²) < 4.78 is 0.906. The van der Waals surface area contributed by atoms with Gasteiger partial charge in [0, 0.05) is 28.8 Å². The van der Waals surface area contributed by atoms with Crippen molar-refractivity contribution < 1.29 is 0 Å². The molecule has 3 N–H and O–H groups in total. The largest absolute Gasteiger partial charge is 0.384 e. The Bertz CT molecular complexity index is 462. The molecule has 0 bridgehead atoms. The summed E-state index contributed by atoms with van der Waals surface area (Å²) in [6, 6.07) is 6.07. The van der Waals surface area contributed by atoms with E-state index in [1.54, 1.807) is 0 Å². The second kappa shape index (κ2) is 5.95. The van der Waals surface area contributed by atoms with Crippen molar-refractivity contribution in [3.05, 3.63) is 28.2 Å². The lowest BCUT2D eigenvalue weighted by molar-refractivity contribution is 0.311. The molecule has 0 saturated carbocycles. The van der Waals surface area contributed by atoms with Crippen molar-refractivity contribution >= 4 is 27.5 Å². The van der Waals surface area contributed by atoms with E-state index in [1.807, 2.05) is 6.07 Å². The molecule has 104 valence electrons. The van der Waals surface area contributed by atoms with Gasteiger partial charge in [0.25, 0.3) is 0 Å². The van der Waals surface area contributed by atoms with E-state index in [0.717, 1.165) is 35.0 Å². The number of hydrogen-bond acceptors (Lipinski definition) is 2. The van der Waals surface area contributed by atoms with Crippen molar-refractivity contribution in [2.24, 2.45) is 17.6 Å². The van der Waals surface area contributed by atoms with Gasteiger partial charge in [-0.3, -0.25) is 5.41 Å². The highest BCUT2D eigenvalue weighted by molar-refractivity contribution is 9.10. The molecule has 3 nitrogen and oxygen atoms in total. The van der Waals surface area contributed by atoms with E-state index in [4.69, 9.17) is 11.1 Å². The van der Waals surface area contributed by atoms with Gasteiger partial charge < -0.3 is 10.6 Å². The zero-order valence-electron chi connectivity index (χ0n) is 11.6. The minimum Gasteiger partial charge on any atom is -0.384 e. The minimum absolute atomic E-state index is 0.108. The monoisotopic (exact) mass is 323 g/mol. The number of hydrogen-bond donors (Lipinski definition) is 2. The summed E-state index contributed by atoms with van der Waals surface area (Å²) in [6.45, 7) is 6.88. The fourth-order valence-electron chi connectivity index (χ4n) is 2.74. The Kier molecular flexibility index (Phi) is 4.50. The second-order valence-electron chi connectivity index (χ2n) is 5.65. The number of anilines is 1. The highest BCUT2D eigenvalue weighted by Crippen LogP contribution is 2.30. The summed E-state index contributed by atoms with van der Waals surface area (Å²) in [4.78, 5) is 2.42. The molecule has 1 aromatic carbocycles. The van der Waals surface area contributed by atoms with Crippen molar-refractivity contribution in [1.82, 2.24) is 0 Å². The number of benzene rings is 1. The smallest absolute Gasteiger partial charge is 0.123 e. The van der Waals surface area contributed by atoms with Crippen molar-refractivity contribution in [3.63, 3.8) is 0 Å². The summed E-state index contributed by atoms with van der Waals surface area (Å²) in [5.41, 5.74) is 7.52. The van der Waals surface area contributed by atoms with Gasteiger partial charge in [-0.1, -0.05) is 13.8 Å². The lowest BCUT2D eigenvalue weighted by atomic mass is 9.86. The van der Waals surface area contributed by atoms with E-state index in [-0.39, 0.29) is 5.84 Å². The SMILES string of the molecule is CC(C)C1CCN(c2ccc(C(=N)N)c(Br)c2)CC1. The van der Waals surface area contributed by atoms with Crippen LogP contribution >= 0.6 is 15.9 Å². The van der Waals surface area contributed by atoms with Crippen LogP contribution in [0, 0.1) is 17.2 Å². The summed E-state index contributed by atoms with van der Waals surface area (Å²) in [5.74, 6) is 1.75. The van der Waals surface area contributed by atoms with Crippen LogP contribution in [-0.4, -0.2) is 18.9 Å². The van der Waals surface area contributed by atoms with E-state index in [1.165, 1.54) is 18.5 Å². The first-order valence-corrected chi connectivity index (χ1v) is 7.67. The maximum Gasteiger partial charge on any atom is 0.123 e. The normalized spacial score (nSPS) is 16.9. The maximum absolute atomic E-state index is 7.50. The molecule has 2 rings (SSSR count). The molecule has 0 aromatic heterocycles. The van der Waals surface area contributed by atoms with Crippen LogP contribution in [0.5, 0.6) is 0 Å². The molecular formula is C15H22BrN3. The van der Waals surface area contributed by atoms with Crippen molar-refractivity contribution in [2.75, 3.05) is 18.0 Å². The topological polar surface area (TPSA) is 53.1 Å². The third-order valence-corrected chi connectivity index (χ3v) is 4.75. The van der Waals surface area contributed by atoms with Crippen molar-refractivity contribution in [1.29, 1.82) is 5.41 Å². The van der Waals surface area contributed by atoms with Crippen molar-refractivity contribution in [2.45, 2.75) is 26.7 Å². The minimum atomic E-state index is 0.108. The lowest BCUT2D eigenvalue weighted by Crippen LogP contribution is -2.35. The number of nitrogens with one attached hydrogen (secondary N) is 1. The lowest BCUT2D eigenvalue weighted by Gasteiger charge is -2.35. The van der Waals surface area contributed by atoms with Crippen LogP contribution in [0.4, 0.5) is 5.69 Å². The zero-order chi connectivity index (χ0) is 14.0. The molecule has 19 heavy (non-hydrogen) atoms. The quantitative estimate of drug-likeness (QED) is 0.659. The van der Waals surface area contributed by atoms with Crippen LogP contribution in [0.15, 0.2) is 22.7 Å². The van der Waals surface area contributed by atoms with Gasteiger partial charge in [-0.05, 0) is 58.8 Å². The predicted octanol–water partition coefficient (Wildman–Crippen LogP) is 3.61. The summed E-state index contributed by atoms with van der Waals surface area (Å²) in [5, 5.41) is 7.50. The fraction of sp³-hybridized carbons (Fsp3) is 0.533. The fourth-order valence-corrected chi connectivity index (χ4v) is 3.32. The number of nitrogens with zero attached hydrogens (tertiary/aromatic N) is 1. The first kappa shape index (κ1) is 14.4. The molecule has 0 atom stereocenters. The highest BCUT2D eigenvalue weighted by atomic mass is 79.9. The summed E-state index contributed by atoms with van der Waals surface area (Å²) >= 11 is 3.50.